The molecule has 1 heterocycles. The first-order valence-corrected chi connectivity index (χ1v) is 7.32. The quantitative estimate of drug-likeness (QED) is 0.882. The van der Waals surface area contributed by atoms with Crippen molar-refractivity contribution in [3.63, 3.8) is 0 Å². The van der Waals surface area contributed by atoms with Crippen LogP contribution in [0.15, 0.2) is 18.2 Å². The van der Waals surface area contributed by atoms with Gasteiger partial charge in [0.2, 0.25) is 0 Å². The summed E-state index contributed by atoms with van der Waals surface area (Å²) in [6.07, 6.45) is 3.91. The molecule has 2 unspecified atom stereocenters. The Morgan fingerprint density at radius 1 is 1.41 bits per heavy atom. The van der Waals surface area contributed by atoms with Gasteiger partial charge in [0.15, 0.2) is 0 Å². The summed E-state index contributed by atoms with van der Waals surface area (Å²) >= 11 is 2.05. The fourth-order valence-electron chi connectivity index (χ4n) is 2.56. The zero-order valence-electron chi connectivity index (χ0n) is 10.5. The van der Waals surface area contributed by atoms with Crippen LogP contribution in [-0.2, 0) is 0 Å². The van der Waals surface area contributed by atoms with Crippen LogP contribution >= 0.6 is 11.8 Å². The van der Waals surface area contributed by atoms with Gasteiger partial charge in [0.05, 0.1) is 0 Å². The Kier molecular flexibility index (Phi) is 4.46. The van der Waals surface area contributed by atoms with Crippen molar-refractivity contribution in [2.24, 2.45) is 0 Å². The fraction of sp³-hybridized carbons (Fsp3) is 0.571. The van der Waals surface area contributed by atoms with Gasteiger partial charge in [-0.25, -0.2) is 4.39 Å². The van der Waals surface area contributed by atoms with E-state index in [0.29, 0.717) is 11.3 Å². The molecular weight excluding hydrogens is 233 g/mol. The minimum atomic E-state index is -0.141. The van der Waals surface area contributed by atoms with Gasteiger partial charge in [0.1, 0.15) is 5.82 Å². The van der Waals surface area contributed by atoms with Crippen LogP contribution in [0.5, 0.6) is 0 Å². The molecule has 1 aromatic carbocycles. The van der Waals surface area contributed by atoms with E-state index >= 15 is 0 Å². The van der Waals surface area contributed by atoms with E-state index < -0.39 is 0 Å². The van der Waals surface area contributed by atoms with E-state index in [4.69, 9.17) is 0 Å². The lowest BCUT2D eigenvalue weighted by Crippen LogP contribution is -2.29. The summed E-state index contributed by atoms with van der Waals surface area (Å²) in [5, 5.41) is 4.03. The van der Waals surface area contributed by atoms with Crippen LogP contribution in [0.2, 0.25) is 0 Å². The molecular formula is C14H20FNS. The molecule has 1 fully saturated rings. The Labute approximate surface area is 107 Å². The van der Waals surface area contributed by atoms with Crippen LogP contribution in [0.3, 0.4) is 0 Å². The maximum atomic E-state index is 13.1. The van der Waals surface area contributed by atoms with E-state index in [1.165, 1.54) is 30.6 Å². The molecule has 0 amide bonds. The smallest absolute Gasteiger partial charge is 0.123 e. The highest BCUT2D eigenvalue weighted by atomic mass is 32.2. The number of thioether (sulfide) groups is 1. The van der Waals surface area contributed by atoms with E-state index in [2.05, 4.69) is 5.32 Å². The van der Waals surface area contributed by atoms with Gasteiger partial charge in [-0.15, -0.1) is 0 Å². The number of aryl methyl sites for hydroxylation is 1. The van der Waals surface area contributed by atoms with Crippen molar-refractivity contribution in [1.82, 2.24) is 5.32 Å². The standard InChI is InChI=1S/C14H20FNS/c1-10-9-11(15)6-7-12(10)14(16-2)13-5-3-4-8-17-13/h6-7,9,13-14,16H,3-5,8H2,1-2H3. The molecule has 0 saturated carbocycles. The van der Waals surface area contributed by atoms with E-state index in [9.17, 15) is 4.39 Å². The van der Waals surface area contributed by atoms with Crippen LogP contribution in [0, 0.1) is 12.7 Å². The highest BCUT2D eigenvalue weighted by Gasteiger charge is 2.25. The van der Waals surface area contributed by atoms with E-state index in [1.807, 2.05) is 31.8 Å². The van der Waals surface area contributed by atoms with Crippen molar-refractivity contribution in [3.05, 3.63) is 35.1 Å². The highest BCUT2D eigenvalue weighted by Crippen LogP contribution is 2.35. The Bertz CT molecular complexity index is 374. The second-order valence-electron chi connectivity index (χ2n) is 4.67. The highest BCUT2D eigenvalue weighted by molar-refractivity contribution is 8.00. The second-order valence-corrected chi connectivity index (χ2v) is 6.02. The molecule has 0 aliphatic carbocycles. The van der Waals surface area contributed by atoms with Gasteiger partial charge in [0, 0.05) is 11.3 Å². The zero-order chi connectivity index (χ0) is 12.3. The lowest BCUT2D eigenvalue weighted by molar-refractivity contribution is 0.513. The summed E-state index contributed by atoms with van der Waals surface area (Å²) in [7, 11) is 2.00. The first-order valence-electron chi connectivity index (χ1n) is 6.27. The zero-order valence-corrected chi connectivity index (χ0v) is 11.3. The normalized spacial score (nSPS) is 22.4. The van der Waals surface area contributed by atoms with Gasteiger partial charge in [-0.05, 0) is 55.8 Å². The van der Waals surface area contributed by atoms with Crippen LogP contribution in [0.1, 0.15) is 36.4 Å². The summed E-state index contributed by atoms with van der Waals surface area (Å²) < 4.78 is 13.1. The molecule has 0 aromatic heterocycles. The summed E-state index contributed by atoms with van der Waals surface area (Å²) in [5.41, 5.74) is 2.30. The van der Waals surface area contributed by atoms with Crippen molar-refractivity contribution >= 4 is 11.8 Å². The number of hydrogen-bond acceptors (Lipinski definition) is 2. The number of rotatable bonds is 3. The molecule has 2 rings (SSSR count). The molecule has 2 atom stereocenters. The third kappa shape index (κ3) is 3.02. The van der Waals surface area contributed by atoms with Crippen LogP contribution < -0.4 is 5.32 Å². The van der Waals surface area contributed by atoms with E-state index in [-0.39, 0.29) is 5.82 Å². The maximum absolute atomic E-state index is 13.1. The van der Waals surface area contributed by atoms with Crippen molar-refractivity contribution < 1.29 is 4.39 Å². The van der Waals surface area contributed by atoms with Gasteiger partial charge in [0.25, 0.3) is 0 Å². The monoisotopic (exact) mass is 253 g/mol. The van der Waals surface area contributed by atoms with Crippen molar-refractivity contribution in [1.29, 1.82) is 0 Å². The van der Waals surface area contributed by atoms with E-state index in [0.717, 1.165) is 5.56 Å². The molecule has 1 aliphatic rings. The fourth-order valence-corrected chi connectivity index (χ4v) is 4.04. The molecule has 0 spiro atoms. The Morgan fingerprint density at radius 2 is 2.24 bits per heavy atom. The lowest BCUT2D eigenvalue weighted by Gasteiger charge is -2.30. The third-order valence-corrected chi connectivity index (χ3v) is 4.93. The Balaban J connectivity index is 2.21. The van der Waals surface area contributed by atoms with Crippen molar-refractivity contribution in [2.75, 3.05) is 12.8 Å². The molecule has 0 radical (unpaired) electrons. The van der Waals surface area contributed by atoms with Gasteiger partial charge >= 0.3 is 0 Å². The van der Waals surface area contributed by atoms with Crippen LogP contribution in [0.25, 0.3) is 0 Å². The predicted molar refractivity (Wildman–Crippen MR) is 73.0 cm³/mol. The minimum absolute atomic E-state index is 0.141. The number of hydrogen-bond donors (Lipinski definition) is 1. The number of benzene rings is 1. The topological polar surface area (TPSA) is 12.0 Å². The van der Waals surface area contributed by atoms with E-state index in [1.54, 1.807) is 12.1 Å². The summed E-state index contributed by atoms with van der Waals surface area (Å²) in [6.45, 7) is 2.00. The third-order valence-electron chi connectivity index (χ3n) is 3.46. The van der Waals surface area contributed by atoms with Gasteiger partial charge in [-0.2, -0.15) is 11.8 Å². The first-order chi connectivity index (χ1) is 8.22. The molecule has 1 N–H and O–H groups in total. The molecule has 94 valence electrons. The Morgan fingerprint density at radius 3 is 2.82 bits per heavy atom. The molecule has 1 aromatic rings. The van der Waals surface area contributed by atoms with Crippen molar-refractivity contribution in [2.45, 2.75) is 37.5 Å². The van der Waals surface area contributed by atoms with Gasteiger partial charge in [-0.3, -0.25) is 0 Å². The summed E-state index contributed by atoms with van der Waals surface area (Å²) in [5.74, 6) is 1.11. The number of nitrogens with one attached hydrogen (secondary N) is 1. The molecule has 1 nitrogen and oxygen atoms in total. The van der Waals surface area contributed by atoms with Gasteiger partial charge in [-0.1, -0.05) is 12.5 Å². The maximum Gasteiger partial charge on any atom is 0.123 e. The summed E-state index contributed by atoms with van der Waals surface area (Å²) in [6, 6.07) is 5.48. The first kappa shape index (κ1) is 12.9. The lowest BCUT2D eigenvalue weighted by atomic mass is 9.96. The van der Waals surface area contributed by atoms with Crippen LogP contribution in [-0.4, -0.2) is 18.1 Å². The minimum Gasteiger partial charge on any atom is -0.312 e. The Hall–Kier alpha value is -0.540. The molecule has 3 heteroatoms. The average molecular weight is 253 g/mol. The molecule has 1 saturated heterocycles. The predicted octanol–water partition coefficient (Wildman–Crippen LogP) is 3.68. The van der Waals surface area contributed by atoms with Gasteiger partial charge < -0.3 is 5.32 Å². The average Bonchev–Trinajstić information content (AvgIpc) is 2.34. The second kappa shape index (κ2) is 5.87. The van der Waals surface area contributed by atoms with Crippen molar-refractivity contribution in [3.8, 4) is 0 Å². The summed E-state index contributed by atoms with van der Waals surface area (Å²) in [4.78, 5) is 0. The van der Waals surface area contributed by atoms with Crippen LogP contribution in [0.4, 0.5) is 4.39 Å². The molecule has 17 heavy (non-hydrogen) atoms. The number of halogens is 1. The largest absolute Gasteiger partial charge is 0.312 e. The molecule has 0 bridgehead atoms. The SMILES string of the molecule is CNC(c1ccc(F)cc1C)C1CCCCS1. The molecule has 1 aliphatic heterocycles.